The standard InChI is InChI=1S/C9H3F13O/c1-23-5(9(20,21)22)3(7(14,15)16)2(6(11,12)13)4(10)8(17,18)19/h1H3. The average Bonchev–Trinajstić information content (AvgIpc) is 2.21. The Labute approximate surface area is 118 Å². The van der Waals surface area contributed by atoms with E-state index in [0.717, 1.165) is 0 Å². The Morgan fingerprint density at radius 2 is 0.913 bits per heavy atom. The molecule has 0 unspecified atom stereocenters. The lowest BCUT2D eigenvalue weighted by Gasteiger charge is -2.23. The van der Waals surface area contributed by atoms with Gasteiger partial charge in [0, 0.05) is 0 Å². The van der Waals surface area contributed by atoms with Gasteiger partial charge in [-0.25, -0.2) is 4.39 Å². The highest BCUT2D eigenvalue weighted by molar-refractivity contribution is 5.44. The minimum atomic E-state index is -6.75. The number of hydrogen-bond acceptors (Lipinski definition) is 1. The maximum Gasteiger partial charge on any atom is 0.449 e. The summed E-state index contributed by atoms with van der Waals surface area (Å²) in [5, 5.41) is 0. The zero-order chi connectivity index (χ0) is 19.0. The highest BCUT2D eigenvalue weighted by Gasteiger charge is 2.58. The van der Waals surface area contributed by atoms with E-state index in [1.807, 2.05) is 0 Å². The van der Waals surface area contributed by atoms with Crippen LogP contribution < -0.4 is 0 Å². The molecule has 0 radical (unpaired) electrons. The van der Waals surface area contributed by atoms with Crippen molar-refractivity contribution in [3.8, 4) is 0 Å². The number of methoxy groups -OCH3 is 1. The maximum absolute atomic E-state index is 12.8. The summed E-state index contributed by atoms with van der Waals surface area (Å²) in [5.74, 6) is -7.87. The highest BCUT2D eigenvalue weighted by Crippen LogP contribution is 2.49. The van der Waals surface area contributed by atoms with Crippen LogP contribution in [0.5, 0.6) is 0 Å². The van der Waals surface area contributed by atoms with Gasteiger partial charge in [-0.3, -0.25) is 0 Å². The van der Waals surface area contributed by atoms with Crippen LogP contribution in [0, 0.1) is 0 Å². The van der Waals surface area contributed by atoms with Crippen molar-refractivity contribution in [1.82, 2.24) is 0 Å². The van der Waals surface area contributed by atoms with Gasteiger partial charge in [-0.15, -0.1) is 0 Å². The molecule has 0 amide bonds. The second-order valence-electron chi connectivity index (χ2n) is 3.59. The van der Waals surface area contributed by atoms with E-state index in [9.17, 15) is 57.1 Å². The third kappa shape index (κ3) is 5.20. The summed E-state index contributed by atoms with van der Waals surface area (Å²) in [7, 11) is -0.173. The molecule has 0 heterocycles. The Balaban J connectivity index is 7.13. The molecule has 0 aliphatic carbocycles. The molecule has 0 saturated carbocycles. The first-order valence-electron chi connectivity index (χ1n) is 4.82. The van der Waals surface area contributed by atoms with Crippen molar-refractivity contribution >= 4 is 0 Å². The third-order valence-corrected chi connectivity index (χ3v) is 1.97. The smallest absolute Gasteiger partial charge is 0.449 e. The Kier molecular flexibility index (Phi) is 5.68. The first-order valence-corrected chi connectivity index (χ1v) is 4.82. The van der Waals surface area contributed by atoms with Crippen LogP contribution >= 0.6 is 0 Å². The van der Waals surface area contributed by atoms with Gasteiger partial charge in [0.1, 0.15) is 11.1 Å². The van der Waals surface area contributed by atoms with E-state index in [0.29, 0.717) is 0 Å². The molecule has 0 atom stereocenters. The van der Waals surface area contributed by atoms with Crippen molar-refractivity contribution in [2.75, 3.05) is 7.11 Å². The van der Waals surface area contributed by atoms with Gasteiger partial charge in [-0.2, -0.15) is 52.7 Å². The van der Waals surface area contributed by atoms with Crippen molar-refractivity contribution in [2.24, 2.45) is 0 Å². The number of halogens is 13. The van der Waals surface area contributed by atoms with Gasteiger partial charge >= 0.3 is 24.7 Å². The van der Waals surface area contributed by atoms with Crippen LogP contribution in [0.15, 0.2) is 22.7 Å². The minimum Gasteiger partial charge on any atom is -0.492 e. The van der Waals surface area contributed by atoms with E-state index in [1.165, 1.54) is 0 Å². The van der Waals surface area contributed by atoms with Crippen molar-refractivity contribution in [3.63, 3.8) is 0 Å². The van der Waals surface area contributed by atoms with E-state index < -0.39 is 47.4 Å². The van der Waals surface area contributed by atoms with Crippen LogP contribution in [0.3, 0.4) is 0 Å². The van der Waals surface area contributed by atoms with E-state index in [1.54, 1.807) is 0 Å². The fraction of sp³-hybridized carbons (Fsp3) is 0.556. The lowest BCUT2D eigenvalue weighted by atomic mass is 10.0. The normalized spacial score (nSPS) is 16.8. The molecule has 0 aromatic heterocycles. The van der Waals surface area contributed by atoms with Crippen LogP contribution in [-0.4, -0.2) is 31.8 Å². The summed E-state index contributed by atoms with van der Waals surface area (Å²) in [6.45, 7) is 0. The zero-order valence-electron chi connectivity index (χ0n) is 10.3. The molecule has 0 N–H and O–H groups in total. The lowest BCUT2D eigenvalue weighted by Crippen LogP contribution is -2.32. The lowest BCUT2D eigenvalue weighted by molar-refractivity contribution is -0.154. The summed E-state index contributed by atoms with van der Waals surface area (Å²) in [6, 6.07) is 0. The van der Waals surface area contributed by atoms with Gasteiger partial charge in [0.25, 0.3) is 0 Å². The predicted octanol–water partition coefficient (Wildman–Crippen LogP) is 5.36. The predicted molar refractivity (Wildman–Crippen MR) is 46.4 cm³/mol. The summed E-state index contributed by atoms with van der Waals surface area (Å²) < 4.78 is 164. The quantitative estimate of drug-likeness (QED) is 0.359. The highest BCUT2D eigenvalue weighted by atomic mass is 19.4. The molecule has 0 spiro atoms. The largest absolute Gasteiger partial charge is 0.492 e. The molecule has 0 fully saturated rings. The zero-order valence-corrected chi connectivity index (χ0v) is 10.3. The van der Waals surface area contributed by atoms with Crippen molar-refractivity contribution in [3.05, 3.63) is 22.7 Å². The molecule has 136 valence electrons. The number of ether oxygens (including phenoxy) is 1. The van der Waals surface area contributed by atoms with Crippen molar-refractivity contribution < 1.29 is 61.8 Å². The number of hydrogen-bond donors (Lipinski definition) is 0. The van der Waals surface area contributed by atoms with E-state index in [-0.39, 0.29) is 7.11 Å². The second-order valence-corrected chi connectivity index (χ2v) is 3.59. The van der Waals surface area contributed by atoms with Gasteiger partial charge in [0.2, 0.25) is 11.6 Å². The second kappa shape index (κ2) is 6.11. The molecule has 23 heavy (non-hydrogen) atoms. The number of allylic oxidation sites excluding steroid dienone is 4. The SMILES string of the molecule is COC(=C(C(=C(F)C(F)(F)F)C(F)(F)F)C(F)(F)F)C(F)(F)F. The van der Waals surface area contributed by atoms with E-state index >= 15 is 0 Å². The van der Waals surface area contributed by atoms with Crippen LogP contribution in [-0.2, 0) is 4.74 Å². The summed E-state index contributed by atoms with van der Waals surface area (Å²) in [5.41, 5.74) is -8.17. The average molecular weight is 374 g/mol. The van der Waals surface area contributed by atoms with Gasteiger partial charge in [-0.1, -0.05) is 0 Å². The molecular formula is C9H3F13O. The van der Waals surface area contributed by atoms with Crippen molar-refractivity contribution in [1.29, 1.82) is 0 Å². The maximum atomic E-state index is 12.8. The number of alkyl halides is 12. The molecule has 0 aromatic rings. The Morgan fingerprint density at radius 3 is 1.09 bits per heavy atom. The fourth-order valence-corrected chi connectivity index (χ4v) is 1.26. The van der Waals surface area contributed by atoms with Gasteiger partial charge in [0.15, 0.2) is 0 Å². The van der Waals surface area contributed by atoms with Crippen LogP contribution in [0.2, 0.25) is 0 Å². The molecule has 0 bridgehead atoms. The van der Waals surface area contributed by atoms with Crippen molar-refractivity contribution in [2.45, 2.75) is 24.7 Å². The fourth-order valence-electron chi connectivity index (χ4n) is 1.26. The monoisotopic (exact) mass is 374 g/mol. The van der Waals surface area contributed by atoms with Crippen LogP contribution in [0.25, 0.3) is 0 Å². The van der Waals surface area contributed by atoms with Crippen LogP contribution in [0.4, 0.5) is 57.1 Å². The Bertz CT molecular complexity index is 495. The minimum absolute atomic E-state index is 0.173. The van der Waals surface area contributed by atoms with Gasteiger partial charge in [-0.05, 0) is 0 Å². The molecule has 0 aliphatic heterocycles. The first kappa shape index (κ1) is 21.4. The molecule has 14 heteroatoms. The van der Waals surface area contributed by atoms with E-state index in [4.69, 9.17) is 0 Å². The molecule has 1 nitrogen and oxygen atoms in total. The van der Waals surface area contributed by atoms with Gasteiger partial charge < -0.3 is 4.74 Å². The topological polar surface area (TPSA) is 9.23 Å². The van der Waals surface area contributed by atoms with Crippen LogP contribution in [0.1, 0.15) is 0 Å². The number of rotatable bonds is 2. The van der Waals surface area contributed by atoms with E-state index in [2.05, 4.69) is 4.74 Å². The summed E-state index contributed by atoms with van der Waals surface area (Å²) in [6.07, 6.45) is -26.3. The molecule has 0 aromatic carbocycles. The molecule has 0 rings (SSSR count). The summed E-state index contributed by atoms with van der Waals surface area (Å²) >= 11 is 0. The molecule has 0 aliphatic rings. The summed E-state index contributed by atoms with van der Waals surface area (Å²) in [4.78, 5) is 0. The Hall–Kier alpha value is -1.63. The first-order chi connectivity index (χ1) is 9.85. The molecule has 0 saturated heterocycles. The third-order valence-electron chi connectivity index (χ3n) is 1.97. The Morgan fingerprint density at radius 1 is 0.565 bits per heavy atom. The molecular weight excluding hydrogens is 371 g/mol. The van der Waals surface area contributed by atoms with Gasteiger partial charge in [0.05, 0.1) is 7.11 Å².